The lowest BCUT2D eigenvalue weighted by Crippen LogP contribution is -2.53. The summed E-state index contributed by atoms with van der Waals surface area (Å²) >= 11 is 0. The number of aliphatic hydroxyl groups is 1. The number of ether oxygens (including phenoxy) is 1. The summed E-state index contributed by atoms with van der Waals surface area (Å²) in [7, 11) is 1.31. The van der Waals surface area contributed by atoms with Gasteiger partial charge < -0.3 is 25.4 Å². The van der Waals surface area contributed by atoms with E-state index in [1.165, 1.54) is 12.7 Å². The number of aliphatic imine (C=N–C) groups is 2. The zero-order chi connectivity index (χ0) is 39.6. The molecular weight excluding hydrogens is 717 g/mol. The first-order valence-electron chi connectivity index (χ1n) is 20.4. The number of fused-ring (bicyclic) bond motifs is 2. The molecule has 0 unspecified atom stereocenters. The fourth-order valence-electron chi connectivity index (χ4n) is 9.90. The minimum Gasteiger partial charge on any atom is -0.453 e. The molecule has 11 nitrogen and oxygen atoms in total. The Morgan fingerprint density at radius 3 is 2.09 bits per heavy atom. The average molecular weight is 769 g/mol. The van der Waals surface area contributed by atoms with Crippen LogP contribution in [-0.2, 0) is 14.3 Å². The number of alkyl carbamates (subject to hydrolysis) is 1. The Kier molecular flexibility index (Phi) is 11.2. The number of allylic oxidation sites excluding steroid dienone is 2. The van der Waals surface area contributed by atoms with Gasteiger partial charge in [0.15, 0.2) is 0 Å². The van der Waals surface area contributed by atoms with Gasteiger partial charge in [-0.3, -0.25) is 24.6 Å². The van der Waals surface area contributed by atoms with E-state index < -0.39 is 18.2 Å². The lowest BCUT2D eigenvalue weighted by molar-refractivity contribution is -0.134. The van der Waals surface area contributed by atoms with Crippen molar-refractivity contribution in [3.05, 3.63) is 102 Å². The van der Waals surface area contributed by atoms with Gasteiger partial charge in [0, 0.05) is 67.4 Å². The molecular formula is C46H52N6O5. The lowest BCUT2D eigenvalue weighted by Gasteiger charge is -2.32. The number of rotatable bonds is 12. The number of hydrogen-bond donors (Lipinski definition) is 3. The molecule has 0 spiro atoms. The molecule has 3 aromatic rings. The van der Waals surface area contributed by atoms with Crippen molar-refractivity contribution in [1.82, 2.24) is 20.5 Å². The zero-order valence-corrected chi connectivity index (χ0v) is 32.9. The Balaban J connectivity index is 0.870. The molecule has 7 atom stereocenters. The molecule has 3 amide bonds. The Hall–Kier alpha value is -5.42. The summed E-state index contributed by atoms with van der Waals surface area (Å²) in [4.78, 5) is 55.1. The zero-order valence-electron chi connectivity index (χ0n) is 32.9. The quantitative estimate of drug-likeness (QED) is 0.181. The number of methoxy groups -OCH3 is 1. The van der Waals surface area contributed by atoms with Gasteiger partial charge in [-0.05, 0) is 94.9 Å². The number of carbonyl (C=O) groups is 3. The van der Waals surface area contributed by atoms with E-state index in [1.807, 2.05) is 43.3 Å². The number of carbonyl (C=O) groups excluding carboxylic acids is 3. The Morgan fingerprint density at radius 1 is 0.842 bits per heavy atom. The van der Waals surface area contributed by atoms with Crippen LogP contribution in [0.15, 0.2) is 95.4 Å². The largest absolute Gasteiger partial charge is 0.453 e. The molecule has 2 aliphatic carbocycles. The molecule has 4 heterocycles. The highest BCUT2D eigenvalue weighted by molar-refractivity contribution is 6.04. The van der Waals surface area contributed by atoms with E-state index in [4.69, 9.17) is 14.7 Å². The maximum atomic E-state index is 13.8. The summed E-state index contributed by atoms with van der Waals surface area (Å²) < 4.78 is 4.78. The third-order valence-electron chi connectivity index (χ3n) is 12.9. The molecule has 2 saturated carbocycles. The first-order valence-corrected chi connectivity index (χ1v) is 20.4. The minimum absolute atomic E-state index is 0.0115. The maximum Gasteiger partial charge on any atom is 0.407 e. The molecule has 3 N–H and O–H groups in total. The van der Waals surface area contributed by atoms with Crippen LogP contribution in [0.25, 0.3) is 22.3 Å². The van der Waals surface area contributed by atoms with E-state index in [0.717, 1.165) is 83.3 Å². The maximum absolute atomic E-state index is 13.8. The van der Waals surface area contributed by atoms with Crippen LogP contribution in [0.2, 0.25) is 0 Å². The van der Waals surface area contributed by atoms with E-state index >= 15 is 0 Å². The molecule has 3 aliphatic heterocycles. The van der Waals surface area contributed by atoms with E-state index in [1.54, 1.807) is 12.4 Å². The van der Waals surface area contributed by atoms with Gasteiger partial charge in [0.25, 0.3) is 0 Å². The van der Waals surface area contributed by atoms with Gasteiger partial charge in [-0.15, -0.1) is 0 Å². The fraction of sp³-hybridized carbons (Fsp3) is 0.435. The van der Waals surface area contributed by atoms with Crippen molar-refractivity contribution in [2.75, 3.05) is 20.3 Å². The summed E-state index contributed by atoms with van der Waals surface area (Å²) in [6.45, 7) is 4.32. The molecule has 2 aromatic carbocycles. The standard InChI is InChI=1S/C46H52N6O5/c1-27(2)43(51-46(56)57-3)45(55)52-19-5-7-40(52)37-21-35(24-48-37)30-12-8-28(9-13-30)29-10-14-31(15-11-29)36-22-38(49-25-36)41-32-16-17-33(20-32)42(41)44(54)50-39(26-53)34-6-4-18-47-23-34/h4,6,8-15,18,23-25,27,32-33,39-43,53H,5,7,16-17,19-22,26H2,1-3H3,(H,50,54)(H,51,56)/t32-,33+,39-,40-,41-,42+,43-/m0/s1. The number of nitrogens with one attached hydrogen (secondary N) is 2. The highest BCUT2D eigenvalue weighted by Gasteiger charge is 2.53. The van der Waals surface area contributed by atoms with Crippen molar-refractivity contribution in [3.8, 4) is 11.1 Å². The second kappa shape index (κ2) is 16.6. The number of benzene rings is 2. The summed E-state index contributed by atoms with van der Waals surface area (Å²) in [6, 6.07) is 19.7. The van der Waals surface area contributed by atoms with Crippen molar-refractivity contribution in [2.24, 2.45) is 39.6 Å². The summed E-state index contributed by atoms with van der Waals surface area (Å²) in [5, 5.41) is 16.0. The van der Waals surface area contributed by atoms with Gasteiger partial charge in [-0.25, -0.2) is 4.79 Å². The first-order chi connectivity index (χ1) is 27.7. The van der Waals surface area contributed by atoms with Crippen LogP contribution in [0.3, 0.4) is 0 Å². The number of aromatic nitrogens is 1. The molecule has 11 heteroatoms. The number of likely N-dealkylation sites (tertiary alicyclic amines) is 1. The highest BCUT2D eigenvalue weighted by Crippen LogP contribution is 2.54. The van der Waals surface area contributed by atoms with Crippen LogP contribution in [0, 0.1) is 29.6 Å². The van der Waals surface area contributed by atoms with Crippen LogP contribution in [0.5, 0.6) is 0 Å². The third kappa shape index (κ3) is 7.82. The molecule has 8 rings (SSSR count). The summed E-state index contributed by atoms with van der Waals surface area (Å²) in [5.74, 6) is 0.638. The molecule has 1 saturated heterocycles. The predicted molar refractivity (Wildman–Crippen MR) is 221 cm³/mol. The van der Waals surface area contributed by atoms with Gasteiger partial charge in [-0.1, -0.05) is 68.4 Å². The number of amides is 3. The Morgan fingerprint density at radius 2 is 1.47 bits per heavy atom. The van der Waals surface area contributed by atoms with Crippen molar-refractivity contribution in [2.45, 2.75) is 76.9 Å². The lowest BCUT2D eigenvalue weighted by atomic mass is 9.74. The first kappa shape index (κ1) is 38.5. The second-order valence-corrected chi connectivity index (χ2v) is 16.5. The number of aliphatic hydroxyl groups excluding tert-OH is 1. The van der Waals surface area contributed by atoms with Crippen molar-refractivity contribution < 1.29 is 24.2 Å². The Bertz CT molecular complexity index is 2110. The Labute approximate surface area is 334 Å². The average Bonchev–Trinajstić information content (AvgIpc) is 4.10. The second-order valence-electron chi connectivity index (χ2n) is 16.5. The normalized spacial score (nSPS) is 24.8. The smallest absolute Gasteiger partial charge is 0.407 e. The molecule has 3 fully saturated rings. The number of pyridine rings is 1. The molecule has 5 aliphatic rings. The van der Waals surface area contributed by atoms with Crippen LogP contribution in [0.1, 0.15) is 81.5 Å². The van der Waals surface area contributed by atoms with E-state index in [-0.39, 0.29) is 42.2 Å². The van der Waals surface area contributed by atoms with E-state index in [9.17, 15) is 19.5 Å². The van der Waals surface area contributed by atoms with E-state index in [0.29, 0.717) is 24.8 Å². The monoisotopic (exact) mass is 768 g/mol. The third-order valence-corrected chi connectivity index (χ3v) is 12.9. The van der Waals surface area contributed by atoms with Gasteiger partial charge in [0.2, 0.25) is 11.8 Å². The van der Waals surface area contributed by atoms with Crippen molar-refractivity contribution in [1.29, 1.82) is 0 Å². The molecule has 296 valence electrons. The fourth-order valence-corrected chi connectivity index (χ4v) is 9.90. The van der Waals surface area contributed by atoms with Gasteiger partial charge in [0.05, 0.1) is 25.8 Å². The van der Waals surface area contributed by atoms with Crippen molar-refractivity contribution in [3.63, 3.8) is 0 Å². The molecule has 2 bridgehead atoms. The van der Waals surface area contributed by atoms with Gasteiger partial charge in [-0.2, -0.15) is 0 Å². The van der Waals surface area contributed by atoms with Gasteiger partial charge in [0.1, 0.15) is 6.04 Å². The topological polar surface area (TPSA) is 146 Å². The SMILES string of the molecule is COC(=O)N[C@H](C(=O)N1CCC[C@H]1C1=NC=C(c2ccc(-c3ccc(C4=CN=C([C@@H]5[C@H]6CC[C@H](C6)[C@H]5C(=O)N[C@@H](CO)c5cccnc5)C4)cc3)cc2)C1)C(C)C. The minimum atomic E-state index is -0.653. The highest BCUT2D eigenvalue weighted by atomic mass is 16.5. The van der Waals surface area contributed by atoms with Crippen LogP contribution in [0.4, 0.5) is 4.79 Å². The number of hydrogen-bond acceptors (Lipinski definition) is 8. The molecule has 0 radical (unpaired) electrons. The summed E-state index contributed by atoms with van der Waals surface area (Å²) in [5.41, 5.74) is 9.68. The predicted octanol–water partition coefficient (Wildman–Crippen LogP) is 7.00. The van der Waals surface area contributed by atoms with E-state index in [2.05, 4.69) is 64.1 Å². The van der Waals surface area contributed by atoms with Crippen LogP contribution >= 0.6 is 0 Å². The van der Waals surface area contributed by atoms with Crippen molar-refractivity contribution >= 4 is 40.5 Å². The number of nitrogens with zero attached hydrogens (tertiary/aromatic N) is 4. The van der Waals surface area contributed by atoms with Crippen LogP contribution in [-0.4, -0.2) is 76.7 Å². The summed E-state index contributed by atoms with van der Waals surface area (Å²) in [6.07, 6.45) is 13.1. The van der Waals surface area contributed by atoms with Crippen LogP contribution < -0.4 is 10.6 Å². The molecule has 1 aromatic heterocycles. The van der Waals surface area contributed by atoms with Gasteiger partial charge >= 0.3 is 6.09 Å². The molecule has 57 heavy (non-hydrogen) atoms.